The van der Waals surface area contributed by atoms with Gasteiger partial charge in [-0.3, -0.25) is 24.0 Å². The Morgan fingerprint density at radius 3 is 2.32 bits per heavy atom. The number of nitrogens with zero attached hydrogens (tertiary/aromatic N) is 7. The molecule has 0 bridgehead atoms. The summed E-state index contributed by atoms with van der Waals surface area (Å²) in [4.78, 5) is 61.5. The van der Waals surface area contributed by atoms with E-state index in [0.29, 0.717) is 24.4 Å². The Labute approximate surface area is 333 Å². The molecular weight excluding hydrogens is 766 g/mol. The zero-order chi connectivity index (χ0) is 41.3. The van der Waals surface area contributed by atoms with Gasteiger partial charge in [0.05, 0.1) is 47.4 Å². The van der Waals surface area contributed by atoms with E-state index in [1.165, 1.54) is 57.9 Å². The number of aromatic nitrogens is 4. The van der Waals surface area contributed by atoms with Gasteiger partial charge in [-0.25, -0.2) is 18.6 Å². The molecule has 4 amide bonds. The molecule has 0 radical (unpaired) electrons. The van der Waals surface area contributed by atoms with E-state index >= 15 is 8.78 Å². The van der Waals surface area contributed by atoms with Crippen LogP contribution in [0.25, 0.3) is 22.4 Å². The average molecular weight is 811 g/mol. The molecule has 304 valence electrons. The first-order valence-electron chi connectivity index (χ1n) is 18.4. The maximum absolute atomic E-state index is 15.6. The van der Waals surface area contributed by atoms with Crippen LogP contribution in [0.15, 0.2) is 42.7 Å². The van der Waals surface area contributed by atoms with Crippen LogP contribution in [0.3, 0.4) is 0 Å². The number of anilines is 1. The monoisotopic (exact) mass is 810 g/mol. The summed E-state index contributed by atoms with van der Waals surface area (Å²) in [6.07, 6.45) is 1.44. The quantitative estimate of drug-likeness (QED) is 0.243. The van der Waals surface area contributed by atoms with Crippen LogP contribution in [0.1, 0.15) is 53.9 Å². The average Bonchev–Trinajstić information content (AvgIpc) is 3.86. The Bertz CT molecular complexity index is 2190. The maximum atomic E-state index is 15.6. The minimum atomic E-state index is -1.11. The molecule has 0 saturated carbocycles. The van der Waals surface area contributed by atoms with Crippen molar-refractivity contribution in [1.82, 2.24) is 34.0 Å². The molecule has 0 spiro atoms. The molecular formula is C39H45ClF2N8O7. The number of hydrogen-bond donors (Lipinski definition) is 2. The van der Waals surface area contributed by atoms with E-state index in [9.17, 15) is 24.3 Å². The molecule has 2 aromatic carbocycles. The number of carbonyl (C=O) groups excluding carboxylic acids is 4. The third kappa shape index (κ3) is 8.65. The van der Waals surface area contributed by atoms with Crippen molar-refractivity contribution in [1.29, 1.82) is 0 Å². The number of piperazine rings is 1. The highest BCUT2D eigenvalue weighted by atomic mass is 35.5. The lowest BCUT2D eigenvalue weighted by Gasteiger charge is -2.38. The number of aliphatic hydroxyl groups excluding tert-OH is 1. The number of hydrogen-bond acceptors (Lipinski definition) is 9. The summed E-state index contributed by atoms with van der Waals surface area (Å²) in [6.45, 7) is 8.62. The summed E-state index contributed by atoms with van der Waals surface area (Å²) < 4.78 is 44.5. The minimum absolute atomic E-state index is 0.0435. The topological polar surface area (TPSA) is 164 Å². The van der Waals surface area contributed by atoms with E-state index in [-0.39, 0.29) is 84.0 Å². The van der Waals surface area contributed by atoms with E-state index in [4.69, 9.17) is 21.1 Å². The van der Waals surface area contributed by atoms with Crippen molar-refractivity contribution in [3.8, 4) is 22.4 Å². The predicted molar refractivity (Wildman–Crippen MR) is 206 cm³/mol. The van der Waals surface area contributed by atoms with Gasteiger partial charge in [0.1, 0.15) is 11.6 Å². The highest BCUT2D eigenvalue weighted by Crippen LogP contribution is 2.33. The molecule has 2 aliphatic heterocycles. The van der Waals surface area contributed by atoms with Crippen LogP contribution in [-0.2, 0) is 27.9 Å². The minimum Gasteiger partial charge on any atom is -0.444 e. The summed E-state index contributed by atoms with van der Waals surface area (Å²) in [5.41, 5.74) is 0.745. The van der Waals surface area contributed by atoms with Crippen molar-refractivity contribution in [3.05, 3.63) is 76.5 Å². The first-order chi connectivity index (χ1) is 27.0. The number of methoxy groups -OCH3 is 1. The Morgan fingerprint density at radius 2 is 1.65 bits per heavy atom. The second kappa shape index (κ2) is 16.6. The van der Waals surface area contributed by atoms with Crippen molar-refractivity contribution in [2.24, 2.45) is 7.05 Å². The molecule has 6 rings (SSSR count). The highest BCUT2D eigenvalue weighted by molar-refractivity contribution is 6.34. The SMILES string of the molecule is COCCn1cc(-c2ccc(-c3cnc(C(=O)Nc4ccc(C(=O)N5CCN(C(=O)[C@@H]6[C@@H](O)CCN6C(=O)OC(C)(C)C)CC5)c(Cl)c4)n3C)c(F)c2F)c(C)n1. The van der Waals surface area contributed by atoms with Gasteiger partial charge in [0, 0.05) is 75.5 Å². The lowest BCUT2D eigenvalue weighted by Crippen LogP contribution is -2.57. The molecule has 2 aliphatic rings. The van der Waals surface area contributed by atoms with Gasteiger partial charge in [-0.05, 0) is 58.4 Å². The lowest BCUT2D eigenvalue weighted by atomic mass is 10.0. The summed E-state index contributed by atoms with van der Waals surface area (Å²) in [6, 6.07) is 6.19. The number of carbonyl (C=O) groups is 4. The first kappa shape index (κ1) is 41.2. The molecule has 4 heterocycles. The van der Waals surface area contributed by atoms with Crippen molar-refractivity contribution in [2.45, 2.75) is 58.4 Å². The molecule has 2 fully saturated rings. The maximum Gasteiger partial charge on any atom is 0.411 e. The molecule has 2 saturated heterocycles. The number of nitrogens with one attached hydrogen (secondary N) is 1. The molecule has 2 atom stereocenters. The predicted octanol–water partition coefficient (Wildman–Crippen LogP) is 4.74. The van der Waals surface area contributed by atoms with E-state index in [2.05, 4.69) is 15.4 Å². The number of halogens is 3. The fourth-order valence-corrected chi connectivity index (χ4v) is 7.21. The van der Waals surface area contributed by atoms with Crippen LogP contribution in [0, 0.1) is 18.6 Å². The molecule has 0 unspecified atom stereocenters. The van der Waals surface area contributed by atoms with Gasteiger partial charge in [0.15, 0.2) is 17.5 Å². The zero-order valence-corrected chi connectivity index (χ0v) is 33.3. The molecule has 2 aromatic heterocycles. The Balaban J connectivity index is 1.08. The van der Waals surface area contributed by atoms with Crippen molar-refractivity contribution in [3.63, 3.8) is 0 Å². The summed E-state index contributed by atoms with van der Waals surface area (Å²) >= 11 is 6.53. The first-order valence-corrected chi connectivity index (χ1v) is 18.8. The van der Waals surface area contributed by atoms with Crippen molar-refractivity contribution in [2.75, 3.05) is 51.8 Å². The number of benzene rings is 2. The van der Waals surface area contributed by atoms with E-state index in [1.807, 2.05) is 0 Å². The van der Waals surface area contributed by atoms with Gasteiger partial charge in [-0.1, -0.05) is 17.7 Å². The van der Waals surface area contributed by atoms with E-state index in [0.717, 1.165) is 0 Å². The van der Waals surface area contributed by atoms with Gasteiger partial charge in [-0.2, -0.15) is 5.10 Å². The van der Waals surface area contributed by atoms with Crippen molar-refractivity contribution < 1.29 is 42.5 Å². The summed E-state index contributed by atoms with van der Waals surface area (Å²) in [5.74, 6) is -3.72. The summed E-state index contributed by atoms with van der Waals surface area (Å²) in [7, 11) is 3.06. The van der Waals surface area contributed by atoms with Crippen LogP contribution in [-0.4, -0.2) is 127 Å². The third-order valence-electron chi connectivity index (χ3n) is 9.89. The molecule has 18 heteroatoms. The largest absolute Gasteiger partial charge is 0.444 e. The Morgan fingerprint density at radius 1 is 0.982 bits per heavy atom. The second-order valence-electron chi connectivity index (χ2n) is 14.9. The van der Waals surface area contributed by atoms with Gasteiger partial charge in [0.2, 0.25) is 5.91 Å². The zero-order valence-electron chi connectivity index (χ0n) is 32.5. The molecule has 57 heavy (non-hydrogen) atoms. The second-order valence-corrected chi connectivity index (χ2v) is 15.3. The standard InChI is InChI=1S/C39H45ClF2N8O7/c1-22-27(21-49(45-22)17-18-56-6)24-9-10-26(32(42)31(24)41)29-20-43-34(46(29)5)35(52)44-23-7-8-25(28(40)19-23)36(53)47-13-15-48(16-14-47)37(54)33-30(51)11-12-50(33)38(55)57-39(2,3)4/h7-10,19-21,30,33,51H,11-18H2,1-6H3,(H,44,52)/t30-,33-/m0/s1. The van der Waals surface area contributed by atoms with Crippen LogP contribution in [0.2, 0.25) is 5.02 Å². The third-order valence-corrected chi connectivity index (χ3v) is 10.2. The van der Waals surface area contributed by atoms with Crippen LogP contribution >= 0.6 is 11.6 Å². The van der Waals surface area contributed by atoms with Gasteiger partial charge >= 0.3 is 6.09 Å². The van der Waals surface area contributed by atoms with Crippen LogP contribution in [0.4, 0.5) is 19.3 Å². The number of ether oxygens (including phenoxy) is 2. The number of likely N-dealkylation sites (tertiary alicyclic amines) is 1. The number of amides is 4. The molecule has 0 aliphatic carbocycles. The number of aryl methyl sites for hydroxylation is 1. The normalized spacial score (nSPS) is 17.3. The molecule has 2 N–H and O–H groups in total. The number of imidazole rings is 1. The fourth-order valence-electron chi connectivity index (χ4n) is 6.95. The van der Waals surface area contributed by atoms with Gasteiger partial charge in [0.25, 0.3) is 11.8 Å². The van der Waals surface area contributed by atoms with Crippen LogP contribution < -0.4 is 5.32 Å². The van der Waals surface area contributed by atoms with Gasteiger partial charge < -0.3 is 34.3 Å². The highest BCUT2D eigenvalue weighted by Gasteiger charge is 2.45. The Kier molecular flexibility index (Phi) is 12.0. The summed E-state index contributed by atoms with van der Waals surface area (Å²) in [5, 5.41) is 17.7. The fraction of sp³-hybridized carbons (Fsp3) is 0.436. The number of aliphatic hydroxyl groups is 1. The lowest BCUT2D eigenvalue weighted by molar-refractivity contribution is -0.140. The number of rotatable bonds is 9. The van der Waals surface area contributed by atoms with E-state index < -0.39 is 47.3 Å². The Hall–Kier alpha value is -5.39. The smallest absolute Gasteiger partial charge is 0.411 e. The molecule has 15 nitrogen and oxygen atoms in total. The van der Waals surface area contributed by atoms with E-state index in [1.54, 1.807) is 50.6 Å². The molecule has 4 aromatic rings. The van der Waals surface area contributed by atoms with Gasteiger partial charge in [-0.15, -0.1) is 0 Å². The van der Waals surface area contributed by atoms with Crippen molar-refractivity contribution >= 4 is 41.1 Å². The van der Waals surface area contributed by atoms with Crippen LogP contribution in [0.5, 0.6) is 0 Å².